The van der Waals surface area contributed by atoms with Crippen LogP contribution >= 0.6 is 15.9 Å². The molecule has 0 aliphatic carbocycles. The summed E-state index contributed by atoms with van der Waals surface area (Å²) in [5.74, 6) is 0. The molecule has 0 saturated heterocycles. The van der Waals surface area contributed by atoms with Crippen molar-refractivity contribution in [1.29, 1.82) is 0 Å². The Morgan fingerprint density at radius 2 is 2.38 bits per heavy atom. The van der Waals surface area contributed by atoms with Crippen LogP contribution in [-0.4, -0.2) is 0 Å². The Labute approximate surface area is 57.7 Å². The average molecular weight is 170 g/mol. The third-order valence-electron chi connectivity index (χ3n) is 0.917. The van der Waals surface area contributed by atoms with Crippen LogP contribution < -0.4 is 0 Å². The van der Waals surface area contributed by atoms with Crippen molar-refractivity contribution in [3.05, 3.63) is 35.9 Å². The van der Waals surface area contributed by atoms with Gasteiger partial charge in [0.2, 0.25) is 0 Å². The molecule has 0 aliphatic heterocycles. The van der Waals surface area contributed by atoms with Crippen molar-refractivity contribution in [1.82, 2.24) is 0 Å². The number of alkyl halides is 1. The van der Waals surface area contributed by atoms with Crippen molar-refractivity contribution < 1.29 is 0 Å². The van der Waals surface area contributed by atoms with Gasteiger partial charge in [0.15, 0.2) is 0 Å². The Morgan fingerprint density at radius 3 is 2.75 bits per heavy atom. The van der Waals surface area contributed by atoms with E-state index in [1.165, 1.54) is 5.56 Å². The monoisotopic (exact) mass is 169 g/mol. The number of rotatable bonds is 1. The van der Waals surface area contributed by atoms with Crippen LogP contribution in [0.5, 0.6) is 0 Å². The van der Waals surface area contributed by atoms with Crippen molar-refractivity contribution >= 4 is 15.9 Å². The fourth-order valence-corrected chi connectivity index (χ4v) is 0.862. The molecule has 41 valence electrons. The first-order valence-electron chi connectivity index (χ1n) is 2.45. The smallest absolute Gasteiger partial charge is 0.0289 e. The fourth-order valence-electron chi connectivity index (χ4n) is 0.514. The lowest BCUT2D eigenvalue weighted by Crippen LogP contribution is -1.71. The van der Waals surface area contributed by atoms with Crippen LogP contribution in [0.1, 0.15) is 5.56 Å². The summed E-state index contributed by atoms with van der Waals surface area (Å²) in [4.78, 5) is 0. The molecule has 0 bridgehead atoms. The van der Waals surface area contributed by atoms with E-state index < -0.39 is 0 Å². The molecule has 0 aliphatic rings. The Hall–Kier alpha value is -0.300. The molecule has 0 spiro atoms. The second-order valence-electron chi connectivity index (χ2n) is 1.52. The largest absolute Gasteiger partial charge is 0.0876 e. The summed E-state index contributed by atoms with van der Waals surface area (Å²) >= 11 is 3.33. The zero-order valence-electron chi connectivity index (χ0n) is 4.39. The van der Waals surface area contributed by atoms with Gasteiger partial charge in [0.05, 0.1) is 0 Å². The molecule has 0 aromatic heterocycles. The summed E-state index contributed by atoms with van der Waals surface area (Å²) in [5.41, 5.74) is 1.20. The lowest BCUT2D eigenvalue weighted by atomic mass is 10.2. The van der Waals surface area contributed by atoms with Gasteiger partial charge >= 0.3 is 0 Å². The fraction of sp³-hybridized carbons (Fsp3) is 0.143. The van der Waals surface area contributed by atoms with Gasteiger partial charge < -0.3 is 0 Å². The van der Waals surface area contributed by atoms with E-state index >= 15 is 0 Å². The van der Waals surface area contributed by atoms with E-state index in [9.17, 15) is 0 Å². The number of hydrogen-bond acceptors (Lipinski definition) is 0. The van der Waals surface area contributed by atoms with Crippen LogP contribution in [0.25, 0.3) is 0 Å². The summed E-state index contributed by atoms with van der Waals surface area (Å²) in [5, 5.41) is 0.897. The van der Waals surface area contributed by atoms with Crippen molar-refractivity contribution in [2.24, 2.45) is 0 Å². The standard InChI is InChI=1S/C7H6Br/c8-6-7-4-2-1-3-5-7/h1-4H,6H2. The molecule has 0 unspecified atom stereocenters. The van der Waals surface area contributed by atoms with Crippen LogP contribution in [0.3, 0.4) is 0 Å². The van der Waals surface area contributed by atoms with Gasteiger partial charge in [-0.1, -0.05) is 40.2 Å². The predicted octanol–water partition coefficient (Wildman–Crippen LogP) is 2.38. The third kappa shape index (κ3) is 1.34. The van der Waals surface area contributed by atoms with Crippen LogP contribution in [0.2, 0.25) is 0 Å². The minimum Gasteiger partial charge on any atom is -0.0876 e. The van der Waals surface area contributed by atoms with E-state index in [1.54, 1.807) is 0 Å². The molecule has 0 saturated carbocycles. The van der Waals surface area contributed by atoms with Gasteiger partial charge in [0.1, 0.15) is 0 Å². The molecular weight excluding hydrogens is 164 g/mol. The van der Waals surface area contributed by atoms with Crippen LogP contribution in [0.15, 0.2) is 24.3 Å². The Bertz CT molecular complexity index is 146. The first-order chi connectivity index (χ1) is 3.93. The molecule has 1 rings (SSSR count). The second kappa shape index (κ2) is 2.88. The van der Waals surface area contributed by atoms with Gasteiger partial charge in [-0.15, -0.1) is 0 Å². The molecular formula is C7H6Br. The highest BCUT2D eigenvalue weighted by Crippen LogP contribution is 2.01. The van der Waals surface area contributed by atoms with Gasteiger partial charge in [0, 0.05) is 5.33 Å². The molecule has 0 fully saturated rings. The van der Waals surface area contributed by atoms with Gasteiger partial charge in [-0.3, -0.25) is 0 Å². The minimum absolute atomic E-state index is 0.897. The molecule has 1 aromatic rings. The second-order valence-corrected chi connectivity index (χ2v) is 2.08. The van der Waals surface area contributed by atoms with Gasteiger partial charge in [-0.05, 0) is 11.6 Å². The highest BCUT2D eigenvalue weighted by atomic mass is 79.9. The topological polar surface area (TPSA) is 0 Å². The van der Waals surface area contributed by atoms with E-state index in [4.69, 9.17) is 0 Å². The molecule has 8 heavy (non-hydrogen) atoms. The van der Waals surface area contributed by atoms with E-state index in [0.717, 1.165) is 5.33 Å². The SMILES string of the molecule is BrCc1[c]cccc1. The molecule has 0 N–H and O–H groups in total. The normalized spacial score (nSPS) is 9.12. The Balaban J connectivity index is 2.83. The number of benzene rings is 1. The Kier molecular flexibility index (Phi) is 2.10. The predicted molar refractivity (Wildman–Crippen MR) is 37.9 cm³/mol. The van der Waals surface area contributed by atoms with E-state index in [-0.39, 0.29) is 0 Å². The number of halogens is 1. The first kappa shape index (κ1) is 5.83. The minimum atomic E-state index is 0.897. The molecule has 0 heterocycles. The molecule has 0 nitrogen and oxygen atoms in total. The molecule has 1 radical (unpaired) electrons. The summed E-state index contributed by atoms with van der Waals surface area (Å²) < 4.78 is 0. The third-order valence-corrected chi connectivity index (χ3v) is 1.52. The lowest BCUT2D eigenvalue weighted by Gasteiger charge is -1.87. The maximum Gasteiger partial charge on any atom is 0.0289 e. The Morgan fingerprint density at radius 1 is 1.50 bits per heavy atom. The summed E-state index contributed by atoms with van der Waals surface area (Å²) in [7, 11) is 0. The summed E-state index contributed by atoms with van der Waals surface area (Å²) in [6, 6.07) is 11.0. The van der Waals surface area contributed by atoms with Crippen molar-refractivity contribution in [2.45, 2.75) is 5.33 Å². The van der Waals surface area contributed by atoms with E-state index in [1.807, 2.05) is 24.3 Å². The average Bonchev–Trinajstić information content (AvgIpc) is 1.90. The maximum absolute atomic E-state index is 3.33. The molecule has 1 aromatic carbocycles. The van der Waals surface area contributed by atoms with Crippen LogP contribution in [-0.2, 0) is 5.33 Å². The number of hydrogen-bond donors (Lipinski definition) is 0. The van der Waals surface area contributed by atoms with Crippen LogP contribution in [0, 0.1) is 6.07 Å². The highest BCUT2D eigenvalue weighted by Gasteiger charge is 1.82. The molecule has 0 atom stereocenters. The molecule has 0 amide bonds. The van der Waals surface area contributed by atoms with Crippen molar-refractivity contribution in [2.75, 3.05) is 0 Å². The quantitative estimate of drug-likeness (QED) is 0.567. The van der Waals surface area contributed by atoms with Gasteiger partial charge in [0.25, 0.3) is 0 Å². The summed E-state index contributed by atoms with van der Waals surface area (Å²) in [6.45, 7) is 0. The summed E-state index contributed by atoms with van der Waals surface area (Å²) in [6.07, 6.45) is 0. The van der Waals surface area contributed by atoms with E-state index in [2.05, 4.69) is 22.0 Å². The zero-order valence-corrected chi connectivity index (χ0v) is 5.98. The zero-order chi connectivity index (χ0) is 5.82. The van der Waals surface area contributed by atoms with Crippen molar-refractivity contribution in [3.8, 4) is 0 Å². The van der Waals surface area contributed by atoms with Crippen molar-refractivity contribution in [3.63, 3.8) is 0 Å². The van der Waals surface area contributed by atoms with E-state index in [0.29, 0.717) is 0 Å². The van der Waals surface area contributed by atoms with Gasteiger partial charge in [-0.25, -0.2) is 0 Å². The maximum atomic E-state index is 3.33. The lowest BCUT2D eigenvalue weighted by molar-refractivity contribution is 1.43. The van der Waals surface area contributed by atoms with Gasteiger partial charge in [-0.2, -0.15) is 0 Å². The first-order valence-corrected chi connectivity index (χ1v) is 3.57. The highest BCUT2D eigenvalue weighted by molar-refractivity contribution is 9.08. The van der Waals surface area contributed by atoms with Crippen LogP contribution in [0.4, 0.5) is 0 Å². The molecule has 1 heteroatoms.